The molecular weight excluding hydrogens is 284 g/mol. The SMILES string of the molecule is O=CC1=CN(Cc2ccccc2)CCc2c1[nH]c1ccccc21. The number of nitrogens with one attached hydrogen (secondary N) is 1. The monoisotopic (exact) mass is 302 g/mol. The van der Waals surface area contributed by atoms with Gasteiger partial charge >= 0.3 is 0 Å². The van der Waals surface area contributed by atoms with Crippen molar-refractivity contribution in [2.45, 2.75) is 13.0 Å². The van der Waals surface area contributed by atoms with Gasteiger partial charge in [-0.2, -0.15) is 0 Å². The van der Waals surface area contributed by atoms with Crippen LogP contribution in [0.2, 0.25) is 0 Å². The zero-order valence-corrected chi connectivity index (χ0v) is 12.8. The van der Waals surface area contributed by atoms with Crippen LogP contribution in [-0.4, -0.2) is 22.7 Å². The number of nitrogens with zero attached hydrogens (tertiary/aromatic N) is 1. The van der Waals surface area contributed by atoms with Gasteiger partial charge in [-0.25, -0.2) is 0 Å². The molecule has 114 valence electrons. The molecule has 0 bridgehead atoms. The number of para-hydroxylation sites is 1. The topological polar surface area (TPSA) is 36.1 Å². The first-order chi connectivity index (χ1) is 11.3. The minimum absolute atomic E-state index is 0.727. The van der Waals surface area contributed by atoms with E-state index in [1.807, 2.05) is 36.5 Å². The number of aromatic nitrogens is 1. The number of rotatable bonds is 3. The molecule has 0 unspecified atom stereocenters. The summed E-state index contributed by atoms with van der Waals surface area (Å²) in [4.78, 5) is 17.3. The number of aromatic amines is 1. The highest BCUT2D eigenvalue weighted by molar-refractivity contribution is 6.09. The molecule has 0 saturated carbocycles. The van der Waals surface area contributed by atoms with Gasteiger partial charge in [0.1, 0.15) is 0 Å². The Kier molecular flexibility index (Phi) is 3.46. The van der Waals surface area contributed by atoms with Gasteiger partial charge in [0, 0.05) is 30.2 Å². The highest BCUT2D eigenvalue weighted by atomic mass is 16.1. The molecular formula is C20H18N2O. The van der Waals surface area contributed by atoms with Crippen molar-refractivity contribution in [1.29, 1.82) is 0 Å². The summed E-state index contributed by atoms with van der Waals surface area (Å²) >= 11 is 0. The summed E-state index contributed by atoms with van der Waals surface area (Å²) in [6.45, 7) is 1.72. The first-order valence-electron chi connectivity index (χ1n) is 7.90. The second kappa shape index (κ2) is 5.76. The highest BCUT2D eigenvalue weighted by Gasteiger charge is 2.19. The summed E-state index contributed by atoms with van der Waals surface area (Å²) in [5.41, 5.74) is 5.29. The van der Waals surface area contributed by atoms with Crippen LogP contribution >= 0.6 is 0 Å². The summed E-state index contributed by atoms with van der Waals surface area (Å²) in [6, 6.07) is 18.6. The molecule has 1 aliphatic rings. The molecule has 0 spiro atoms. The fraction of sp³-hybridized carbons (Fsp3) is 0.150. The minimum Gasteiger partial charge on any atom is -0.372 e. The molecule has 0 radical (unpaired) electrons. The second-order valence-corrected chi connectivity index (χ2v) is 5.93. The second-order valence-electron chi connectivity index (χ2n) is 5.93. The maximum Gasteiger partial charge on any atom is 0.153 e. The normalized spacial score (nSPS) is 14.3. The van der Waals surface area contributed by atoms with Crippen LogP contribution in [0.3, 0.4) is 0 Å². The van der Waals surface area contributed by atoms with Crippen LogP contribution < -0.4 is 0 Å². The summed E-state index contributed by atoms with van der Waals surface area (Å²) in [6.07, 6.45) is 3.87. The van der Waals surface area contributed by atoms with Crippen LogP contribution in [0.4, 0.5) is 0 Å². The van der Waals surface area contributed by atoms with Crippen molar-refractivity contribution in [3.05, 3.63) is 77.6 Å². The Morgan fingerprint density at radius 3 is 2.65 bits per heavy atom. The van der Waals surface area contributed by atoms with Gasteiger partial charge in [-0.05, 0) is 23.6 Å². The number of H-pyrrole nitrogens is 1. The number of hydrogen-bond donors (Lipinski definition) is 1. The predicted octanol–water partition coefficient (Wildman–Crippen LogP) is 3.77. The molecule has 0 atom stereocenters. The van der Waals surface area contributed by atoms with Gasteiger partial charge in [-0.15, -0.1) is 0 Å². The van der Waals surface area contributed by atoms with E-state index < -0.39 is 0 Å². The van der Waals surface area contributed by atoms with Gasteiger partial charge in [0.15, 0.2) is 6.29 Å². The number of allylic oxidation sites excluding steroid dienone is 1. The molecule has 2 heterocycles. The zero-order chi connectivity index (χ0) is 15.6. The van der Waals surface area contributed by atoms with Crippen LogP contribution in [0.1, 0.15) is 16.8 Å². The molecule has 2 aromatic carbocycles. The van der Waals surface area contributed by atoms with E-state index in [0.29, 0.717) is 0 Å². The Morgan fingerprint density at radius 1 is 1.04 bits per heavy atom. The average Bonchev–Trinajstić information content (AvgIpc) is 2.87. The zero-order valence-electron chi connectivity index (χ0n) is 12.8. The molecule has 3 nitrogen and oxygen atoms in total. The first kappa shape index (κ1) is 13.8. The number of fused-ring (bicyclic) bond motifs is 3. The lowest BCUT2D eigenvalue weighted by atomic mass is 10.1. The van der Waals surface area contributed by atoms with Gasteiger partial charge in [0.25, 0.3) is 0 Å². The standard InChI is InChI=1S/C20H18N2O/c23-14-16-13-22(12-15-6-2-1-3-7-15)11-10-18-17-8-4-5-9-19(17)21-20(16)18/h1-9,13-14,21H,10-12H2. The van der Waals surface area contributed by atoms with Crippen LogP contribution in [0.15, 0.2) is 60.8 Å². The smallest absolute Gasteiger partial charge is 0.153 e. The average molecular weight is 302 g/mol. The third kappa shape index (κ3) is 2.55. The lowest BCUT2D eigenvalue weighted by Gasteiger charge is -2.19. The van der Waals surface area contributed by atoms with Gasteiger partial charge in [-0.1, -0.05) is 48.5 Å². The van der Waals surface area contributed by atoms with Gasteiger partial charge in [0.2, 0.25) is 0 Å². The fourth-order valence-electron chi connectivity index (χ4n) is 3.32. The van der Waals surface area contributed by atoms with Crippen LogP contribution in [0.5, 0.6) is 0 Å². The number of carbonyl (C=O) groups is 1. The summed E-state index contributed by atoms with van der Waals surface area (Å²) in [5, 5.41) is 1.22. The molecule has 0 saturated heterocycles. The van der Waals surface area contributed by atoms with E-state index in [2.05, 4.69) is 34.1 Å². The van der Waals surface area contributed by atoms with E-state index in [9.17, 15) is 4.79 Å². The van der Waals surface area contributed by atoms with Crippen LogP contribution in [-0.2, 0) is 17.8 Å². The Morgan fingerprint density at radius 2 is 1.83 bits per heavy atom. The van der Waals surface area contributed by atoms with E-state index in [1.165, 1.54) is 16.5 Å². The van der Waals surface area contributed by atoms with Crippen molar-refractivity contribution in [1.82, 2.24) is 9.88 Å². The Balaban J connectivity index is 1.72. The maximum atomic E-state index is 11.6. The Hall–Kier alpha value is -2.81. The number of hydrogen-bond acceptors (Lipinski definition) is 2. The summed E-state index contributed by atoms with van der Waals surface area (Å²) in [5.74, 6) is 0. The van der Waals surface area contributed by atoms with Crippen molar-refractivity contribution < 1.29 is 4.79 Å². The predicted molar refractivity (Wildman–Crippen MR) is 92.9 cm³/mol. The van der Waals surface area contributed by atoms with E-state index in [-0.39, 0.29) is 0 Å². The van der Waals surface area contributed by atoms with E-state index in [1.54, 1.807) is 0 Å². The maximum absolute atomic E-state index is 11.6. The summed E-state index contributed by atoms with van der Waals surface area (Å²) < 4.78 is 0. The fourth-order valence-corrected chi connectivity index (χ4v) is 3.32. The molecule has 3 aromatic rings. The quantitative estimate of drug-likeness (QED) is 0.748. The van der Waals surface area contributed by atoms with Crippen molar-refractivity contribution >= 4 is 22.8 Å². The lowest BCUT2D eigenvalue weighted by Crippen LogP contribution is -2.19. The number of aldehydes is 1. The molecule has 0 aliphatic carbocycles. The molecule has 3 heteroatoms. The third-order valence-corrected chi connectivity index (χ3v) is 4.43. The molecule has 1 aliphatic heterocycles. The Bertz CT molecular complexity index is 877. The lowest BCUT2D eigenvalue weighted by molar-refractivity contribution is -0.103. The molecule has 1 aromatic heterocycles. The van der Waals surface area contributed by atoms with Crippen molar-refractivity contribution in [2.75, 3.05) is 6.54 Å². The minimum atomic E-state index is 0.727. The molecule has 0 fully saturated rings. The van der Waals surface area contributed by atoms with Crippen molar-refractivity contribution in [3.63, 3.8) is 0 Å². The Labute approximate surface area is 135 Å². The molecule has 1 N–H and O–H groups in total. The van der Waals surface area contributed by atoms with Gasteiger partial charge in [-0.3, -0.25) is 4.79 Å². The van der Waals surface area contributed by atoms with E-state index in [0.717, 1.165) is 42.6 Å². The largest absolute Gasteiger partial charge is 0.372 e. The van der Waals surface area contributed by atoms with Crippen LogP contribution in [0.25, 0.3) is 16.5 Å². The first-order valence-corrected chi connectivity index (χ1v) is 7.90. The van der Waals surface area contributed by atoms with E-state index >= 15 is 0 Å². The molecule has 4 rings (SSSR count). The molecule has 0 amide bonds. The van der Waals surface area contributed by atoms with E-state index in [4.69, 9.17) is 0 Å². The summed E-state index contributed by atoms with van der Waals surface area (Å²) in [7, 11) is 0. The highest BCUT2D eigenvalue weighted by Crippen LogP contribution is 2.30. The third-order valence-electron chi connectivity index (χ3n) is 4.43. The number of carbonyl (C=O) groups excluding carboxylic acids is 1. The van der Waals surface area contributed by atoms with Crippen LogP contribution in [0, 0.1) is 0 Å². The van der Waals surface area contributed by atoms with Gasteiger partial charge < -0.3 is 9.88 Å². The molecule has 23 heavy (non-hydrogen) atoms. The number of benzene rings is 2. The van der Waals surface area contributed by atoms with Crippen molar-refractivity contribution in [3.8, 4) is 0 Å². The van der Waals surface area contributed by atoms with Gasteiger partial charge in [0.05, 0.1) is 11.3 Å². The van der Waals surface area contributed by atoms with Crippen molar-refractivity contribution in [2.24, 2.45) is 0 Å².